The number of amides is 2. The molecule has 2 amide bonds. The zero-order valence-corrected chi connectivity index (χ0v) is 29.9. The lowest BCUT2D eigenvalue weighted by Crippen LogP contribution is -2.40. The summed E-state index contributed by atoms with van der Waals surface area (Å²) in [4.78, 5) is 49.7. The molecule has 0 radical (unpaired) electrons. The first kappa shape index (κ1) is 39.1. The lowest BCUT2D eigenvalue weighted by atomic mass is 9.97. The van der Waals surface area contributed by atoms with Crippen molar-refractivity contribution in [3.63, 3.8) is 0 Å². The Morgan fingerprint density at radius 2 is 1.47 bits per heavy atom. The number of carbonyl (C=O) groups excluding carboxylic acids is 3. The van der Waals surface area contributed by atoms with Crippen LogP contribution in [-0.2, 0) is 44.7 Å². The maximum Gasteiger partial charge on any atom is 0.435 e. The van der Waals surface area contributed by atoms with E-state index in [-0.39, 0.29) is 42.3 Å². The summed E-state index contributed by atoms with van der Waals surface area (Å²) in [5.41, 5.74) is 0.728. The predicted octanol–water partition coefficient (Wildman–Crippen LogP) is 6.03. The molecule has 0 N–H and O–H groups in total. The number of nitrogens with zero attached hydrogens (tertiary/aromatic N) is 8. The average Bonchev–Trinajstić information content (AvgIpc) is 3.92. The molecule has 6 rings (SSSR count). The van der Waals surface area contributed by atoms with E-state index < -0.39 is 29.8 Å². The van der Waals surface area contributed by atoms with Crippen LogP contribution >= 0.6 is 11.3 Å². The molecular formula is C34H36F6N8O4S. The molecule has 5 heterocycles. The van der Waals surface area contributed by atoms with Gasteiger partial charge in [0.2, 0.25) is 12.0 Å². The molecule has 1 unspecified atom stereocenters. The number of carbonyl (C=O) groups is 3. The van der Waals surface area contributed by atoms with Gasteiger partial charge in [0, 0.05) is 54.9 Å². The number of anilines is 1. The second-order valence-electron chi connectivity index (χ2n) is 12.6. The number of benzene rings is 1. The molecule has 2 aliphatic heterocycles. The number of thiazole rings is 1. The lowest BCUT2D eigenvalue weighted by Gasteiger charge is -2.31. The topological polar surface area (TPSA) is 128 Å². The molecule has 1 fully saturated rings. The number of halogens is 6. The molecule has 1 atom stereocenters. The highest BCUT2D eigenvalue weighted by molar-refractivity contribution is 7.10. The summed E-state index contributed by atoms with van der Waals surface area (Å²) in [7, 11) is 1.70. The largest absolute Gasteiger partial charge is 0.435 e. The number of likely N-dealkylation sites (N-methyl/N-ethyl adjacent to an activating group) is 1. The van der Waals surface area contributed by atoms with Crippen molar-refractivity contribution in [3.05, 3.63) is 81.3 Å². The highest BCUT2D eigenvalue weighted by Crippen LogP contribution is 2.33. The molecule has 0 saturated carbocycles. The van der Waals surface area contributed by atoms with Gasteiger partial charge < -0.3 is 14.6 Å². The Bertz CT molecular complexity index is 1960. The van der Waals surface area contributed by atoms with E-state index in [1.807, 2.05) is 35.7 Å². The number of Topliss-reactive ketones (excluding diaryl/α,β-unsaturated/α-hetero) is 1. The van der Waals surface area contributed by atoms with Gasteiger partial charge in [-0.15, -0.1) is 11.3 Å². The van der Waals surface area contributed by atoms with Gasteiger partial charge >= 0.3 is 12.4 Å². The van der Waals surface area contributed by atoms with Crippen molar-refractivity contribution in [1.29, 1.82) is 0 Å². The average molecular weight is 767 g/mol. The Morgan fingerprint density at radius 3 is 2.00 bits per heavy atom. The molecule has 12 nitrogen and oxygen atoms in total. The zero-order chi connectivity index (χ0) is 38.7. The Kier molecular flexibility index (Phi) is 11.7. The van der Waals surface area contributed by atoms with Crippen molar-refractivity contribution in [3.8, 4) is 0 Å². The highest BCUT2D eigenvalue weighted by Gasteiger charge is 2.36. The standard InChI is InChI=1S/C26H27F3N6O3S.C8H9F3N2O/c1-16-12-22(26(27,28)29)31-35(16)14-23(36)34-10-8-17(9-11-34)24-30-20(15-39-24)19-13-21(38-32-19)25(37)33(2)18-6-4-3-5-7-18;1-5-3-7(8(9,10)11)12-13(5)4-6(2)14/h3-7,12,15,17,21H,8-11,13-14H2,1-2H3;3H,4H2,1-2H3. The van der Waals surface area contributed by atoms with E-state index in [0.29, 0.717) is 49.5 Å². The van der Waals surface area contributed by atoms with Crippen molar-refractivity contribution in [2.45, 2.75) is 77.5 Å². The molecule has 1 saturated heterocycles. The van der Waals surface area contributed by atoms with E-state index >= 15 is 0 Å². The van der Waals surface area contributed by atoms with Crippen LogP contribution in [0, 0.1) is 13.8 Å². The van der Waals surface area contributed by atoms with E-state index in [2.05, 4.69) is 15.4 Å². The van der Waals surface area contributed by atoms with Crippen molar-refractivity contribution in [2.24, 2.45) is 5.16 Å². The van der Waals surface area contributed by atoms with Crippen molar-refractivity contribution in [1.82, 2.24) is 29.4 Å². The van der Waals surface area contributed by atoms with Crippen LogP contribution in [0.15, 0.2) is 53.0 Å². The van der Waals surface area contributed by atoms with Crippen LogP contribution in [0.5, 0.6) is 0 Å². The molecule has 3 aromatic heterocycles. The summed E-state index contributed by atoms with van der Waals surface area (Å²) in [6.45, 7) is 4.89. The number of para-hydroxylation sites is 1. The molecule has 4 aromatic rings. The number of aryl methyl sites for hydroxylation is 2. The maximum atomic E-state index is 12.9. The minimum absolute atomic E-state index is 0.123. The van der Waals surface area contributed by atoms with Gasteiger partial charge in [-0.2, -0.15) is 36.5 Å². The fourth-order valence-corrected chi connectivity index (χ4v) is 6.70. The predicted molar refractivity (Wildman–Crippen MR) is 181 cm³/mol. The van der Waals surface area contributed by atoms with Gasteiger partial charge in [0.05, 0.1) is 17.2 Å². The van der Waals surface area contributed by atoms with Crippen molar-refractivity contribution >= 4 is 40.3 Å². The van der Waals surface area contributed by atoms with Crippen LogP contribution in [0.4, 0.5) is 32.0 Å². The monoisotopic (exact) mass is 766 g/mol. The van der Waals surface area contributed by atoms with Crippen LogP contribution in [0.2, 0.25) is 0 Å². The summed E-state index contributed by atoms with van der Waals surface area (Å²) in [6.07, 6.45) is -8.00. The number of piperidine rings is 1. The maximum absolute atomic E-state index is 12.9. The smallest absolute Gasteiger partial charge is 0.382 e. The van der Waals surface area contributed by atoms with Gasteiger partial charge in [0.1, 0.15) is 12.3 Å². The highest BCUT2D eigenvalue weighted by atomic mass is 32.1. The molecule has 284 valence electrons. The summed E-state index contributed by atoms with van der Waals surface area (Å²) in [5, 5.41) is 13.8. The normalized spacial score (nSPS) is 16.5. The Morgan fingerprint density at radius 1 is 0.906 bits per heavy atom. The number of hydrogen-bond donors (Lipinski definition) is 0. The lowest BCUT2D eigenvalue weighted by molar-refractivity contribution is -0.142. The van der Waals surface area contributed by atoms with Crippen LogP contribution in [0.25, 0.3) is 0 Å². The van der Waals surface area contributed by atoms with Crippen molar-refractivity contribution < 1.29 is 45.6 Å². The van der Waals surface area contributed by atoms with Crippen LogP contribution < -0.4 is 4.90 Å². The van der Waals surface area contributed by atoms with Crippen LogP contribution in [0.3, 0.4) is 0 Å². The summed E-state index contributed by atoms with van der Waals surface area (Å²) < 4.78 is 77.4. The van der Waals surface area contributed by atoms with Gasteiger partial charge in [-0.1, -0.05) is 23.4 Å². The first-order valence-corrected chi connectivity index (χ1v) is 17.3. The minimum atomic E-state index is -4.55. The van der Waals surface area contributed by atoms with Crippen LogP contribution in [-0.4, -0.2) is 79.0 Å². The molecule has 0 aliphatic carbocycles. The van der Waals surface area contributed by atoms with Gasteiger partial charge in [-0.05, 0) is 57.9 Å². The number of aromatic nitrogens is 5. The first-order chi connectivity index (χ1) is 24.9. The number of likely N-dealkylation sites (tertiary alicyclic amines) is 1. The third-order valence-corrected chi connectivity index (χ3v) is 9.64. The SMILES string of the molecule is CC(=O)Cn1nc(C(F)(F)F)cc1C.Cc1cc(C(F)(F)F)nn1CC(=O)N1CCC(c2nc(C3=NOC(C(=O)N(C)c4ccccc4)C3)cs2)CC1. The number of alkyl halides is 6. The molecule has 0 spiro atoms. The fraction of sp³-hybridized carbons (Fsp3) is 0.441. The van der Waals surface area contributed by atoms with E-state index in [0.717, 1.165) is 32.2 Å². The summed E-state index contributed by atoms with van der Waals surface area (Å²) in [6, 6.07) is 11.2. The number of rotatable bonds is 8. The second kappa shape index (κ2) is 15.9. The number of hydrogen-bond acceptors (Lipinski definition) is 9. The fourth-order valence-electron chi connectivity index (χ4n) is 5.70. The minimum Gasteiger partial charge on any atom is -0.382 e. The van der Waals surface area contributed by atoms with Crippen LogP contribution in [0.1, 0.15) is 65.6 Å². The zero-order valence-electron chi connectivity index (χ0n) is 29.1. The van der Waals surface area contributed by atoms with Gasteiger partial charge in [-0.25, -0.2) is 4.98 Å². The molecular weight excluding hydrogens is 730 g/mol. The van der Waals surface area contributed by atoms with Gasteiger partial charge in [0.25, 0.3) is 5.91 Å². The Labute approximate surface area is 304 Å². The van der Waals surface area contributed by atoms with E-state index in [1.165, 1.54) is 32.1 Å². The van der Waals surface area contributed by atoms with E-state index in [9.17, 15) is 40.7 Å². The number of ketones is 1. The Balaban J connectivity index is 0.000000326. The molecule has 2 aliphatic rings. The third kappa shape index (κ3) is 9.68. The third-order valence-electron chi connectivity index (χ3n) is 8.63. The summed E-state index contributed by atoms with van der Waals surface area (Å²) in [5.74, 6) is -0.528. The second-order valence-corrected chi connectivity index (χ2v) is 13.5. The Hall–Kier alpha value is -5.07. The first-order valence-electron chi connectivity index (χ1n) is 16.4. The molecule has 19 heteroatoms. The van der Waals surface area contributed by atoms with E-state index in [4.69, 9.17) is 9.82 Å². The van der Waals surface area contributed by atoms with Gasteiger partial charge in [0.15, 0.2) is 17.2 Å². The van der Waals surface area contributed by atoms with Crippen molar-refractivity contribution in [2.75, 3.05) is 25.0 Å². The molecule has 1 aromatic carbocycles. The number of oxime groups is 1. The van der Waals surface area contributed by atoms with Gasteiger partial charge in [-0.3, -0.25) is 23.7 Å². The molecule has 53 heavy (non-hydrogen) atoms. The van der Waals surface area contributed by atoms with E-state index in [1.54, 1.807) is 16.8 Å². The molecule has 0 bridgehead atoms. The summed E-state index contributed by atoms with van der Waals surface area (Å²) >= 11 is 1.51. The quantitative estimate of drug-likeness (QED) is 0.201.